The fourth-order valence-electron chi connectivity index (χ4n) is 3.71. The first-order chi connectivity index (χ1) is 13.1. The second-order valence-electron chi connectivity index (χ2n) is 7.14. The fourth-order valence-corrected chi connectivity index (χ4v) is 3.71. The lowest BCUT2D eigenvalue weighted by Gasteiger charge is -2.24. The molecule has 0 N–H and O–H groups in total. The van der Waals surface area contributed by atoms with Crippen molar-refractivity contribution in [3.05, 3.63) is 77.0 Å². The summed E-state index contributed by atoms with van der Waals surface area (Å²) in [5.74, 6) is -0.147. The molecular weight excluding hydrogens is 338 g/mol. The number of hydrogen-bond acceptors (Lipinski definition) is 4. The van der Waals surface area contributed by atoms with Crippen LogP contribution in [0.3, 0.4) is 0 Å². The van der Waals surface area contributed by atoms with E-state index in [2.05, 4.69) is 6.92 Å². The normalized spacial score (nSPS) is 16.0. The highest BCUT2D eigenvalue weighted by molar-refractivity contribution is 6.06. The monoisotopic (exact) mass is 359 g/mol. The zero-order valence-electron chi connectivity index (χ0n) is 15.3. The number of hydrogen-bond donors (Lipinski definition) is 0. The Morgan fingerprint density at radius 3 is 2.63 bits per heavy atom. The molecule has 0 fully saturated rings. The lowest BCUT2D eigenvalue weighted by Crippen LogP contribution is -2.21. The highest BCUT2D eigenvalue weighted by atomic mass is 16.5. The Kier molecular flexibility index (Phi) is 4.71. The molecule has 4 heteroatoms. The molecule has 3 aromatic rings. The second kappa shape index (κ2) is 7.31. The molecule has 0 radical (unpaired) electrons. The molecule has 0 bridgehead atoms. The standard InChI is InChI=1S/C23H21NO3/c1-15-11-12-20-18(13-15)22(17-9-5-6-10-19(17)24-20)23(26)27-14-21(25)16-7-3-2-4-8-16/h2-10,15H,11-14H2,1H3. The third-order valence-corrected chi connectivity index (χ3v) is 5.14. The Morgan fingerprint density at radius 2 is 1.81 bits per heavy atom. The molecule has 1 atom stereocenters. The van der Waals surface area contributed by atoms with E-state index in [9.17, 15) is 9.59 Å². The summed E-state index contributed by atoms with van der Waals surface area (Å²) in [6, 6.07) is 16.5. The van der Waals surface area contributed by atoms with Gasteiger partial charge < -0.3 is 4.74 Å². The number of carbonyl (C=O) groups excluding carboxylic acids is 2. The Bertz CT molecular complexity index is 1010. The number of rotatable bonds is 4. The maximum absolute atomic E-state index is 13.0. The van der Waals surface area contributed by atoms with Crippen LogP contribution in [0.2, 0.25) is 0 Å². The van der Waals surface area contributed by atoms with Crippen molar-refractivity contribution in [2.24, 2.45) is 5.92 Å². The lowest BCUT2D eigenvalue weighted by atomic mass is 9.84. The van der Waals surface area contributed by atoms with Crippen molar-refractivity contribution in [3.63, 3.8) is 0 Å². The van der Waals surface area contributed by atoms with E-state index in [1.54, 1.807) is 24.3 Å². The fraction of sp³-hybridized carbons (Fsp3) is 0.261. The number of para-hydroxylation sites is 1. The summed E-state index contributed by atoms with van der Waals surface area (Å²) in [6.45, 7) is 1.93. The van der Waals surface area contributed by atoms with Crippen LogP contribution in [0.4, 0.5) is 0 Å². The van der Waals surface area contributed by atoms with Gasteiger partial charge in [0.25, 0.3) is 0 Å². The number of esters is 1. The van der Waals surface area contributed by atoms with Crippen molar-refractivity contribution in [3.8, 4) is 0 Å². The molecule has 1 heterocycles. The predicted molar refractivity (Wildman–Crippen MR) is 104 cm³/mol. The number of nitrogens with zero attached hydrogens (tertiary/aromatic N) is 1. The number of Topliss-reactive ketones (excluding diaryl/α,β-unsaturated/α-hetero) is 1. The lowest BCUT2D eigenvalue weighted by molar-refractivity contribution is 0.0475. The van der Waals surface area contributed by atoms with Crippen LogP contribution in [0.25, 0.3) is 10.9 Å². The summed E-state index contributed by atoms with van der Waals surface area (Å²) in [5, 5.41) is 0.794. The van der Waals surface area contributed by atoms with E-state index >= 15 is 0 Å². The molecular formula is C23H21NO3. The van der Waals surface area contributed by atoms with Crippen molar-refractivity contribution < 1.29 is 14.3 Å². The summed E-state index contributed by atoms with van der Waals surface area (Å²) >= 11 is 0. The first kappa shape index (κ1) is 17.4. The van der Waals surface area contributed by atoms with Gasteiger partial charge in [-0.2, -0.15) is 0 Å². The van der Waals surface area contributed by atoms with Gasteiger partial charge in [-0.05, 0) is 36.8 Å². The van der Waals surface area contributed by atoms with Gasteiger partial charge in [-0.3, -0.25) is 9.78 Å². The first-order valence-corrected chi connectivity index (χ1v) is 9.29. The van der Waals surface area contributed by atoms with Crippen LogP contribution in [0.5, 0.6) is 0 Å². The number of aryl methyl sites for hydroxylation is 1. The SMILES string of the molecule is CC1CCc2nc3ccccc3c(C(=O)OCC(=O)c3ccccc3)c2C1. The average molecular weight is 359 g/mol. The van der Waals surface area contributed by atoms with Crippen LogP contribution in [0.1, 0.15) is 45.3 Å². The summed E-state index contributed by atoms with van der Waals surface area (Å²) in [4.78, 5) is 30.0. The van der Waals surface area contributed by atoms with Crippen LogP contribution < -0.4 is 0 Å². The molecule has 0 spiro atoms. The van der Waals surface area contributed by atoms with Crippen LogP contribution in [-0.2, 0) is 17.6 Å². The molecule has 4 rings (SSSR count). The van der Waals surface area contributed by atoms with Gasteiger partial charge in [0.15, 0.2) is 12.4 Å². The zero-order chi connectivity index (χ0) is 18.8. The summed E-state index contributed by atoms with van der Waals surface area (Å²) in [5.41, 5.74) is 3.87. The number of aromatic nitrogens is 1. The molecule has 1 aliphatic rings. The zero-order valence-corrected chi connectivity index (χ0v) is 15.3. The van der Waals surface area contributed by atoms with E-state index in [0.29, 0.717) is 17.0 Å². The maximum Gasteiger partial charge on any atom is 0.339 e. The van der Waals surface area contributed by atoms with Gasteiger partial charge in [0.2, 0.25) is 0 Å². The molecule has 4 nitrogen and oxygen atoms in total. The van der Waals surface area contributed by atoms with Gasteiger partial charge in [0.05, 0.1) is 11.1 Å². The van der Waals surface area contributed by atoms with E-state index in [1.165, 1.54) is 0 Å². The topological polar surface area (TPSA) is 56.3 Å². The van der Waals surface area contributed by atoms with Crippen LogP contribution in [-0.4, -0.2) is 23.3 Å². The minimum absolute atomic E-state index is 0.204. The largest absolute Gasteiger partial charge is 0.454 e. The molecule has 136 valence electrons. The van der Waals surface area contributed by atoms with E-state index in [1.807, 2.05) is 30.3 Å². The Balaban J connectivity index is 1.66. The van der Waals surface area contributed by atoms with Crippen molar-refractivity contribution in [2.45, 2.75) is 26.2 Å². The van der Waals surface area contributed by atoms with E-state index in [-0.39, 0.29) is 12.4 Å². The molecule has 0 aliphatic heterocycles. The molecule has 0 saturated heterocycles. The van der Waals surface area contributed by atoms with Gasteiger partial charge >= 0.3 is 5.97 Å². The number of fused-ring (bicyclic) bond motifs is 2. The number of carbonyl (C=O) groups is 2. The van der Waals surface area contributed by atoms with Gasteiger partial charge in [-0.1, -0.05) is 55.5 Å². The highest BCUT2D eigenvalue weighted by Gasteiger charge is 2.26. The molecule has 0 amide bonds. The van der Waals surface area contributed by atoms with Crippen molar-refractivity contribution in [1.29, 1.82) is 0 Å². The predicted octanol–water partition coefficient (Wildman–Crippen LogP) is 4.40. The third-order valence-electron chi connectivity index (χ3n) is 5.14. The molecule has 1 aromatic heterocycles. The second-order valence-corrected chi connectivity index (χ2v) is 7.14. The van der Waals surface area contributed by atoms with E-state index < -0.39 is 5.97 Å². The summed E-state index contributed by atoms with van der Waals surface area (Å²) < 4.78 is 5.44. The highest BCUT2D eigenvalue weighted by Crippen LogP contribution is 2.32. The Labute approximate surface area is 158 Å². The number of ether oxygens (including phenoxy) is 1. The minimum atomic E-state index is -0.441. The van der Waals surface area contributed by atoms with Gasteiger partial charge in [0, 0.05) is 16.6 Å². The van der Waals surface area contributed by atoms with E-state index in [0.717, 1.165) is 41.4 Å². The smallest absolute Gasteiger partial charge is 0.339 e. The average Bonchev–Trinajstić information content (AvgIpc) is 2.70. The maximum atomic E-state index is 13.0. The Hall–Kier alpha value is -3.01. The molecule has 2 aromatic carbocycles. The van der Waals surface area contributed by atoms with Crippen LogP contribution >= 0.6 is 0 Å². The van der Waals surface area contributed by atoms with Gasteiger partial charge in [0.1, 0.15) is 0 Å². The van der Waals surface area contributed by atoms with E-state index in [4.69, 9.17) is 9.72 Å². The van der Waals surface area contributed by atoms with Crippen molar-refractivity contribution in [2.75, 3.05) is 6.61 Å². The van der Waals surface area contributed by atoms with Crippen LogP contribution in [0, 0.1) is 5.92 Å². The molecule has 1 aliphatic carbocycles. The number of ketones is 1. The van der Waals surface area contributed by atoms with Gasteiger partial charge in [-0.25, -0.2) is 4.79 Å². The summed E-state index contributed by atoms with van der Waals surface area (Å²) in [7, 11) is 0. The van der Waals surface area contributed by atoms with Crippen molar-refractivity contribution >= 4 is 22.7 Å². The Morgan fingerprint density at radius 1 is 1.07 bits per heavy atom. The third kappa shape index (κ3) is 3.47. The molecule has 27 heavy (non-hydrogen) atoms. The number of pyridine rings is 1. The van der Waals surface area contributed by atoms with Crippen LogP contribution in [0.15, 0.2) is 54.6 Å². The quantitative estimate of drug-likeness (QED) is 0.512. The summed E-state index contributed by atoms with van der Waals surface area (Å²) in [6.07, 6.45) is 2.74. The van der Waals surface area contributed by atoms with Crippen molar-refractivity contribution in [1.82, 2.24) is 4.98 Å². The van der Waals surface area contributed by atoms with Gasteiger partial charge in [-0.15, -0.1) is 0 Å². The molecule has 1 unspecified atom stereocenters. The minimum Gasteiger partial charge on any atom is -0.454 e. The number of benzene rings is 2. The first-order valence-electron chi connectivity index (χ1n) is 9.29. The molecule has 0 saturated carbocycles.